The first-order valence-corrected chi connectivity index (χ1v) is 15.0. The number of fused-ring (bicyclic) bond motifs is 6. The lowest BCUT2D eigenvalue weighted by atomic mass is 10.0. The van der Waals surface area contributed by atoms with Crippen LogP contribution < -0.4 is 0 Å². The molecule has 0 radical (unpaired) electrons. The van der Waals surface area contributed by atoms with Gasteiger partial charge in [0.05, 0.1) is 68.6 Å². The number of benzene rings is 6. The van der Waals surface area contributed by atoms with E-state index in [1.165, 1.54) is 11.1 Å². The van der Waals surface area contributed by atoms with Crippen molar-refractivity contribution in [3.05, 3.63) is 155 Å². The highest BCUT2D eigenvalue weighted by molar-refractivity contribution is 6.11. The van der Waals surface area contributed by atoms with Crippen molar-refractivity contribution in [3.8, 4) is 35.7 Å². The molecule has 0 unspecified atom stereocenters. The Bertz CT molecular complexity index is 2400. The summed E-state index contributed by atoms with van der Waals surface area (Å²) in [5.41, 5.74) is 10.6. The molecule has 0 aliphatic carbocycles. The van der Waals surface area contributed by atoms with Crippen molar-refractivity contribution < 1.29 is 0 Å². The van der Waals surface area contributed by atoms with Crippen LogP contribution in [-0.2, 0) is 6.42 Å². The summed E-state index contributed by atoms with van der Waals surface area (Å²) in [7, 11) is 0. The van der Waals surface area contributed by atoms with Crippen molar-refractivity contribution in [3.63, 3.8) is 0 Å². The Morgan fingerprint density at radius 3 is 0.894 bits per heavy atom. The summed E-state index contributed by atoms with van der Waals surface area (Å²) in [4.78, 5) is 0. The normalized spacial score (nSPS) is 11.0. The van der Waals surface area contributed by atoms with Crippen LogP contribution in [0.5, 0.6) is 0 Å². The molecule has 0 fully saturated rings. The predicted octanol–water partition coefficient (Wildman–Crippen LogP) is 8.96. The maximum atomic E-state index is 9.50. The fourth-order valence-corrected chi connectivity index (χ4v) is 6.64. The first-order valence-electron chi connectivity index (χ1n) is 15.0. The van der Waals surface area contributed by atoms with Gasteiger partial charge < -0.3 is 9.13 Å². The van der Waals surface area contributed by atoms with Gasteiger partial charge in [-0.2, -0.15) is 21.0 Å². The highest BCUT2D eigenvalue weighted by Gasteiger charge is 2.15. The zero-order chi connectivity index (χ0) is 32.1. The molecule has 2 aromatic heterocycles. The molecule has 0 saturated heterocycles. The van der Waals surface area contributed by atoms with Gasteiger partial charge in [0.2, 0.25) is 0 Å². The molecule has 8 aromatic rings. The number of aromatic nitrogens is 2. The quantitative estimate of drug-likeness (QED) is 0.202. The number of nitrogens with zero attached hydrogens (tertiary/aromatic N) is 6. The molecule has 6 heteroatoms. The van der Waals surface area contributed by atoms with E-state index in [0.29, 0.717) is 22.3 Å². The van der Waals surface area contributed by atoms with E-state index in [2.05, 4.69) is 81.9 Å². The van der Waals surface area contributed by atoms with Crippen LogP contribution in [0, 0.1) is 45.3 Å². The van der Waals surface area contributed by atoms with Gasteiger partial charge in [0.1, 0.15) is 0 Å². The third-order valence-corrected chi connectivity index (χ3v) is 8.84. The molecule has 216 valence electrons. The van der Waals surface area contributed by atoms with Gasteiger partial charge in [0, 0.05) is 32.9 Å². The lowest BCUT2D eigenvalue weighted by Crippen LogP contribution is -1.96. The zero-order valence-electron chi connectivity index (χ0n) is 24.9. The van der Waals surface area contributed by atoms with Crippen LogP contribution in [0.25, 0.3) is 55.0 Å². The smallest absolute Gasteiger partial charge is 0.0991 e. The second-order valence-electron chi connectivity index (χ2n) is 11.6. The van der Waals surface area contributed by atoms with Crippen molar-refractivity contribution in [1.29, 1.82) is 21.0 Å². The van der Waals surface area contributed by atoms with E-state index in [1.807, 2.05) is 72.8 Å². The number of rotatable bonds is 4. The van der Waals surface area contributed by atoms with Crippen LogP contribution in [0.2, 0.25) is 0 Å². The SMILES string of the molecule is N#Cc1ccc2c(c1)c1cc(C#N)ccc1n2-c1ccc(Cc2ccc(-n3c4ccc(C#N)cc4c4cc(C#N)ccc43)cc2)cc1. The van der Waals surface area contributed by atoms with Crippen molar-refractivity contribution in [2.24, 2.45) is 0 Å². The molecule has 0 atom stereocenters. The molecule has 0 aliphatic heterocycles. The molecule has 2 heterocycles. The van der Waals surface area contributed by atoms with Crippen LogP contribution in [-0.4, -0.2) is 9.13 Å². The minimum absolute atomic E-state index is 0.583. The van der Waals surface area contributed by atoms with Crippen molar-refractivity contribution in [1.82, 2.24) is 9.13 Å². The summed E-state index contributed by atoms with van der Waals surface area (Å²) in [5.74, 6) is 0. The first kappa shape index (κ1) is 27.4. The van der Waals surface area contributed by atoms with E-state index in [9.17, 15) is 21.0 Å². The van der Waals surface area contributed by atoms with Gasteiger partial charge in [-0.15, -0.1) is 0 Å². The molecule has 6 aromatic carbocycles. The molecular formula is C41H22N6. The van der Waals surface area contributed by atoms with E-state index in [4.69, 9.17) is 0 Å². The average Bonchev–Trinajstić information content (AvgIpc) is 3.63. The van der Waals surface area contributed by atoms with E-state index in [-0.39, 0.29) is 0 Å². The maximum absolute atomic E-state index is 9.50. The predicted molar refractivity (Wildman–Crippen MR) is 183 cm³/mol. The van der Waals surface area contributed by atoms with Gasteiger partial charge in [0.15, 0.2) is 0 Å². The molecule has 47 heavy (non-hydrogen) atoms. The zero-order valence-corrected chi connectivity index (χ0v) is 24.9. The van der Waals surface area contributed by atoms with Gasteiger partial charge in [-0.3, -0.25) is 0 Å². The Kier molecular flexibility index (Phi) is 6.30. The second-order valence-corrected chi connectivity index (χ2v) is 11.6. The first-order chi connectivity index (χ1) is 23.1. The fourth-order valence-electron chi connectivity index (χ4n) is 6.64. The van der Waals surface area contributed by atoms with Crippen LogP contribution in [0.4, 0.5) is 0 Å². The molecule has 0 saturated carbocycles. The average molecular weight is 599 g/mol. The molecule has 0 aliphatic rings. The van der Waals surface area contributed by atoms with E-state index < -0.39 is 0 Å². The molecule has 0 amide bonds. The number of hydrogen-bond acceptors (Lipinski definition) is 4. The van der Waals surface area contributed by atoms with Crippen molar-refractivity contribution in [2.75, 3.05) is 0 Å². The summed E-state index contributed by atoms with van der Waals surface area (Å²) >= 11 is 0. The largest absolute Gasteiger partial charge is 0.309 e. The summed E-state index contributed by atoms with van der Waals surface area (Å²) in [6.07, 6.45) is 0.759. The highest BCUT2D eigenvalue weighted by Crippen LogP contribution is 2.35. The monoisotopic (exact) mass is 598 g/mol. The highest BCUT2D eigenvalue weighted by atomic mass is 15.0. The third-order valence-electron chi connectivity index (χ3n) is 8.84. The summed E-state index contributed by atoms with van der Waals surface area (Å²) in [6.45, 7) is 0. The maximum Gasteiger partial charge on any atom is 0.0991 e. The lowest BCUT2D eigenvalue weighted by molar-refractivity contribution is 1.13. The van der Waals surface area contributed by atoms with Crippen LogP contribution in [0.1, 0.15) is 33.4 Å². The minimum Gasteiger partial charge on any atom is -0.309 e. The Morgan fingerprint density at radius 1 is 0.362 bits per heavy atom. The summed E-state index contributed by atoms with van der Waals surface area (Å²) in [6, 6.07) is 48.7. The Morgan fingerprint density at radius 2 is 0.638 bits per heavy atom. The molecule has 8 rings (SSSR count). The minimum atomic E-state index is 0.583. The standard InChI is InChI=1S/C41H22N6/c42-22-28-5-13-38-34(18-28)35-19-29(23-43)6-14-39(35)46(38)32-9-1-26(2-10-32)17-27-3-11-33(12-4-27)47-40-15-7-30(24-44)20-36(40)37-21-31(25-45)8-16-41(37)47/h1-16,18-21H,17H2. The Balaban J connectivity index is 1.13. The van der Waals surface area contributed by atoms with Gasteiger partial charge in [-0.1, -0.05) is 24.3 Å². The lowest BCUT2D eigenvalue weighted by Gasteiger charge is -2.11. The molecular weight excluding hydrogens is 576 g/mol. The Labute approximate surface area is 270 Å². The number of nitriles is 4. The van der Waals surface area contributed by atoms with Crippen LogP contribution in [0.3, 0.4) is 0 Å². The fraction of sp³-hybridized carbons (Fsp3) is 0.0244. The summed E-state index contributed by atoms with van der Waals surface area (Å²) in [5, 5.41) is 41.8. The van der Waals surface area contributed by atoms with Gasteiger partial charge in [0.25, 0.3) is 0 Å². The Hall–Kier alpha value is -7.12. The van der Waals surface area contributed by atoms with Crippen LogP contribution >= 0.6 is 0 Å². The van der Waals surface area contributed by atoms with E-state index >= 15 is 0 Å². The number of hydrogen-bond donors (Lipinski definition) is 0. The van der Waals surface area contributed by atoms with Crippen LogP contribution in [0.15, 0.2) is 121 Å². The topological polar surface area (TPSA) is 105 Å². The molecule has 0 spiro atoms. The molecule has 6 nitrogen and oxygen atoms in total. The van der Waals surface area contributed by atoms with Gasteiger partial charge in [-0.25, -0.2) is 0 Å². The van der Waals surface area contributed by atoms with Crippen molar-refractivity contribution >= 4 is 43.6 Å². The van der Waals surface area contributed by atoms with E-state index in [1.54, 1.807) is 0 Å². The summed E-state index contributed by atoms with van der Waals surface area (Å²) < 4.78 is 4.35. The van der Waals surface area contributed by atoms with Crippen molar-refractivity contribution in [2.45, 2.75) is 6.42 Å². The van der Waals surface area contributed by atoms with E-state index in [0.717, 1.165) is 61.4 Å². The molecule has 0 bridgehead atoms. The second kappa shape index (κ2) is 10.8. The molecule has 0 N–H and O–H groups in total. The van der Waals surface area contributed by atoms with Gasteiger partial charge in [-0.05, 0) is 115 Å². The third kappa shape index (κ3) is 4.46. The van der Waals surface area contributed by atoms with Gasteiger partial charge >= 0.3 is 0 Å².